The minimum atomic E-state index is -3.15. The molecule has 1 aliphatic carbocycles. The molecule has 18 heteroatoms. The summed E-state index contributed by atoms with van der Waals surface area (Å²) >= 11 is 6.60. The van der Waals surface area contributed by atoms with Crippen LogP contribution in [0.3, 0.4) is 0 Å². The van der Waals surface area contributed by atoms with Gasteiger partial charge in [-0.05, 0) is 80.8 Å². The standard InChI is InChI=1S/C44H48ClF3N10O4/c1-55-32-10-8-26(20-30(32)35-37(41(55)61)62-23-44(47,48)38(52-35)25-6-7-25)50-39-31(45)21-49-42(53-39)58-18-14-43(46,15-19-58)22-57-16-12-24(13-17-57)27-4-3-5-28-34(54-56(2)36(27)28)29-9-11-33(59)51-40(29)60/h3-5,8,10,20-21,24-25,29,38,52H,6-7,9,11-19,22-23H2,1-2H3,(H,49,50,53)(H,51,59,60). The number of anilines is 4. The predicted octanol–water partition coefficient (Wildman–Crippen LogP) is 6.54. The molecular formula is C44H48ClF3N10O4. The van der Waals surface area contributed by atoms with Gasteiger partial charge in [-0.3, -0.25) is 24.4 Å². The molecule has 0 radical (unpaired) electrons. The summed E-state index contributed by atoms with van der Waals surface area (Å²) in [5.74, 6) is -3.51. The quantitative estimate of drug-likeness (QED) is 0.146. The second-order valence-corrected chi connectivity index (χ2v) is 18.2. The molecule has 3 aromatic heterocycles. The van der Waals surface area contributed by atoms with Gasteiger partial charge in [-0.2, -0.15) is 10.1 Å². The molecule has 0 spiro atoms. The van der Waals surface area contributed by atoms with Gasteiger partial charge in [0, 0.05) is 69.5 Å². The van der Waals surface area contributed by atoms with Crippen LogP contribution < -0.4 is 31.1 Å². The van der Waals surface area contributed by atoms with E-state index in [2.05, 4.69) is 31.9 Å². The zero-order valence-electron chi connectivity index (χ0n) is 34.5. The summed E-state index contributed by atoms with van der Waals surface area (Å²) in [7, 11) is 3.48. The maximum atomic E-state index is 16.5. The lowest BCUT2D eigenvalue weighted by molar-refractivity contribution is -0.134. The summed E-state index contributed by atoms with van der Waals surface area (Å²) in [6.07, 6.45) is 5.96. The fourth-order valence-corrected chi connectivity index (χ4v) is 10.2. The zero-order chi connectivity index (χ0) is 43.1. The SMILES string of the molecule is Cn1nc(C2CCC(=O)NC2=O)c2cccc(C3CCN(CC4(F)CCN(c5ncc(Cl)c(Nc6ccc7c(c6)c6c(c(=O)n7C)OCC(F)(F)C(C7CC7)N6)n5)CC4)CC3)c21. The highest BCUT2D eigenvalue weighted by Crippen LogP contribution is 2.46. The summed E-state index contributed by atoms with van der Waals surface area (Å²) < 4.78 is 55.6. The van der Waals surface area contributed by atoms with Crippen LogP contribution in [0.1, 0.15) is 74.5 Å². The van der Waals surface area contributed by atoms with Crippen LogP contribution in [0.15, 0.2) is 47.4 Å². The minimum absolute atomic E-state index is 0.136. The number of aryl methyl sites for hydroxylation is 2. The fraction of sp³-hybridized carbons (Fsp3) is 0.500. The molecule has 2 unspecified atom stereocenters. The maximum Gasteiger partial charge on any atom is 0.301 e. The van der Waals surface area contributed by atoms with Crippen molar-refractivity contribution in [3.63, 3.8) is 0 Å². The molecule has 2 amide bonds. The van der Waals surface area contributed by atoms with Crippen molar-refractivity contribution >= 4 is 68.4 Å². The van der Waals surface area contributed by atoms with E-state index in [-0.39, 0.29) is 40.1 Å². The molecule has 2 atom stereocenters. The average molecular weight is 873 g/mol. The Kier molecular flexibility index (Phi) is 10.1. The van der Waals surface area contributed by atoms with Crippen LogP contribution in [0.2, 0.25) is 5.02 Å². The Morgan fingerprint density at radius 2 is 1.74 bits per heavy atom. The van der Waals surface area contributed by atoms with E-state index in [1.165, 1.54) is 16.3 Å². The van der Waals surface area contributed by atoms with E-state index in [1.54, 1.807) is 25.2 Å². The molecule has 4 aliphatic heterocycles. The molecule has 3 saturated heterocycles. The van der Waals surface area contributed by atoms with Crippen molar-refractivity contribution in [1.29, 1.82) is 0 Å². The molecule has 0 bridgehead atoms. The third kappa shape index (κ3) is 7.39. The number of amides is 2. The van der Waals surface area contributed by atoms with E-state index in [0.717, 1.165) is 36.8 Å². The highest BCUT2D eigenvalue weighted by atomic mass is 35.5. The highest BCUT2D eigenvalue weighted by Gasteiger charge is 2.51. The number of likely N-dealkylation sites (tertiary alicyclic amines) is 1. The van der Waals surface area contributed by atoms with Crippen molar-refractivity contribution in [3.8, 4) is 5.75 Å². The molecule has 1 saturated carbocycles. The van der Waals surface area contributed by atoms with Crippen LogP contribution in [0.25, 0.3) is 21.8 Å². The van der Waals surface area contributed by atoms with Gasteiger partial charge in [0.2, 0.25) is 23.5 Å². The van der Waals surface area contributed by atoms with E-state index in [0.29, 0.717) is 92.2 Å². The fourth-order valence-electron chi connectivity index (χ4n) is 10.0. The van der Waals surface area contributed by atoms with Gasteiger partial charge >= 0.3 is 5.92 Å². The first kappa shape index (κ1) is 40.6. The highest BCUT2D eigenvalue weighted by molar-refractivity contribution is 6.33. The van der Waals surface area contributed by atoms with Crippen molar-refractivity contribution < 1.29 is 27.5 Å². The number of hydrogen-bond acceptors (Lipinski definition) is 11. The van der Waals surface area contributed by atoms with Gasteiger partial charge in [-0.1, -0.05) is 29.8 Å². The number of halogens is 4. The van der Waals surface area contributed by atoms with Crippen LogP contribution >= 0.6 is 11.6 Å². The number of benzene rings is 2. The smallest absolute Gasteiger partial charge is 0.301 e. The molecule has 5 aromatic rings. The maximum absolute atomic E-state index is 16.5. The summed E-state index contributed by atoms with van der Waals surface area (Å²) in [4.78, 5) is 51.1. The Morgan fingerprint density at radius 3 is 2.48 bits per heavy atom. The van der Waals surface area contributed by atoms with E-state index in [4.69, 9.17) is 26.4 Å². The number of nitrogens with zero attached hydrogens (tertiary/aromatic N) is 7. The molecule has 2 aromatic carbocycles. The molecule has 326 valence electrons. The summed E-state index contributed by atoms with van der Waals surface area (Å²) in [5, 5.41) is 15.2. The number of aromatic nitrogens is 5. The van der Waals surface area contributed by atoms with Crippen LogP contribution in [-0.2, 0) is 23.7 Å². The molecule has 3 N–H and O–H groups in total. The lowest BCUT2D eigenvalue weighted by Gasteiger charge is -2.41. The van der Waals surface area contributed by atoms with Gasteiger partial charge in [-0.15, -0.1) is 0 Å². The lowest BCUT2D eigenvalue weighted by atomic mass is 9.85. The number of ether oxygens (including phenoxy) is 1. The van der Waals surface area contributed by atoms with Crippen molar-refractivity contribution in [2.75, 3.05) is 54.9 Å². The first-order chi connectivity index (χ1) is 29.7. The first-order valence-electron chi connectivity index (χ1n) is 21.4. The van der Waals surface area contributed by atoms with Crippen LogP contribution in [0, 0.1) is 5.92 Å². The number of pyridine rings is 1. The Hall–Kier alpha value is -5.42. The van der Waals surface area contributed by atoms with Crippen molar-refractivity contribution in [1.82, 2.24) is 34.5 Å². The van der Waals surface area contributed by atoms with Gasteiger partial charge in [0.05, 0.1) is 40.6 Å². The molecule has 5 aliphatic rings. The van der Waals surface area contributed by atoms with Gasteiger partial charge in [0.1, 0.15) is 10.7 Å². The number of imide groups is 1. The first-order valence-corrected chi connectivity index (χ1v) is 21.8. The van der Waals surface area contributed by atoms with E-state index < -0.39 is 35.7 Å². The molecule has 10 rings (SSSR count). The molecule has 62 heavy (non-hydrogen) atoms. The van der Waals surface area contributed by atoms with E-state index >= 15 is 13.2 Å². The Bertz CT molecular complexity index is 2670. The van der Waals surface area contributed by atoms with Gasteiger partial charge in [-0.25, -0.2) is 18.2 Å². The number of hydrogen-bond donors (Lipinski definition) is 3. The summed E-state index contributed by atoms with van der Waals surface area (Å²) in [6.45, 7) is 1.81. The Labute approximate surface area is 360 Å². The van der Waals surface area contributed by atoms with Gasteiger partial charge in [0.15, 0.2) is 12.4 Å². The topological polar surface area (TPSA) is 152 Å². The second kappa shape index (κ2) is 15.4. The average Bonchev–Trinajstić information content (AvgIpc) is 4.05. The predicted molar refractivity (Wildman–Crippen MR) is 230 cm³/mol. The minimum Gasteiger partial charge on any atom is -0.480 e. The van der Waals surface area contributed by atoms with Gasteiger partial charge < -0.3 is 29.7 Å². The molecular weight excluding hydrogens is 825 g/mol. The van der Waals surface area contributed by atoms with Crippen molar-refractivity contribution in [3.05, 3.63) is 69.2 Å². The number of carbonyl (C=O) groups is 2. The molecule has 14 nitrogen and oxygen atoms in total. The van der Waals surface area contributed by atoms with E-state index in [1.807, 2.05) is 28.8 Å². The van der Waals surface area contributed by atoms with Crippen LogP contribution in [0.5, 0.6) is 5.75 Å². The zero-order valence-corrected chi connectivity index (χ0v) is 35.3. The number of fused-ring (bicyclic) bond motifs is 4. The molecule has 7 heterocycles. The normalized spacial score (nSPS) is 23.1. The molecule has 4 fully saturated rings. The van der Waals surface area contributed by atoms with Crippen LogP contribution in [-0.4, -0.2) is 98.0 Å². The number of alkyl halides is 3. The van der Waals surface area contributed by atoms with Crippen LogP contribution in [0.4, 0.5) is 36.3 Å². The number of rotatable bonds is 8. The third-order valence-electron chi connectivity index (χ3n) is 13.6. The van der Waals surface area contributed by atoms with Crippen molar-refractivity contribution in [2.45, 2.75) is 80.8 Å². The second-order valence-electron chi connectivity index (χ2n) is 17.7. The Balaban J connectivity index is 0.790. The number of para-hydroxylation sites is 1. The van der Waals surface area contributed by atoms with E-state index in [9.17, 15) is 14.4 Å². The number of piperidine rings is 3. The monoisotopic (exact) mass is 872 g/mol. The van der Waals surface area contributed by atoms with Gasteiger partial charge in [0.25, 0.3) is 5.56 Å². The number of carbonyl (C=O) groups excluding carboxylic acids is 2. The Morgan fingerprint density at radius 1 is 0.968 bits per heavy atom. The largest absolute Gasteiger partial charge is 0.480 e. The lowest BCUT2D eigenvalue weighted by Crippen LogP contribution is -2.50. The summed E-state index contributed by atoms with van der Waals surface area (Å²) in [6, 6.07) is 10.3. The summed E-state index contributed by atoms with van der Waals surface area (Å²) in [5.41, 5.74) is 2.36. The number of nitrogens with one attached hydrogen (secondary N) is 3. The third-order valence-corrected chi connectivity index (χ3v) is 13.9. The van der Waals surface area contributed by atoms with Crippen molar-refractivity contribution in [2.24, 2.45) is 20.0 Å².